The van der Waals surface area contributed by atoms with E-state index >= 15 is 0 Å². The van der Waals surface area contributed by atoms with E-state index in [1.165, 1.54) is 0 Å². The van der Waals surface area contributed by atoms with E-state index in [2.05, 4.69) is 43.0 Å². The van der Waals surface area contributed by atoms with Gasteiger partial charge in [0.25, 0.3) is 0 Å². The summed E-state index contributed by atoms with van der Waals surface area (Å²) in [4.78, 5) is 8.56. The van der Waals surface area contributed by atoms with Crippen LogP contribution in [0, 0.1) is 10.8 Å². The van der Waals surface area contributed by atoms with E-state index in [0.717, 1.165) is 0 Å². The van der Waals surface area contributed by atoms with Gasteiger partial charge in [0.15, 0.2) is 0 Å². The highest BCUT2D eigenvalue weighted by atomic mass is 16.5. The van der Waals surface area contributed by atoms with Crippen molar-refractivity contribution in [3.8, 4) is 5.88 Å². The molecule has 17 heavy (non-hydrogen) atoms. The van der Waals surface area contributed by atoms with Crippen molar-refractivity contribution in [2.24, 2.45) is 10.8 Å². The van der Waals surface area contributed by atoms with Crippen LogP contribution in [0.1, 0.15) is 34.6 Å². The van der Waals surface area contributed by atoms with Gasteiger partial charge in [-0.1, -0.05) is 27.7 Å². The third-order valence-electron chi connectivity index (χ3n) is 4.22. The number of nitrogens with zero attached hydrogens (tertiary/aromatic N) is 2. The molecule has 0 aliphatic heterocycles. The minimum absolute atomic E-state index is 0.276. The number of aromatic nitrogens is 2. The largest absolute Gasteiger partial charge is 0.478 e. The molecule has 1 aromatic heterocycles. The van der Waals surface area contributed by atoms with Gasteiger partial charge in [-0.3, -0.25) is 0 Å². The van der Waals surface area contributed by atoms with Crippen molar-refractivity contribution in [3.63, 3.8) is 0 Å². The molecule has 1 saturated carbocycles. The molecule has 1 aliphatic rings. The summed E-state index contributed by atoms with van der Waals surface area (Å²) < 4.78 is 5.36. The smallest absolute Gasteiger partial charge is 0.226 e. The van der Waals surface area contributed by atoms with Crippen LogP contribution in [0.25, 0.3) is 0 Å². The molecule has 0 amide bonds. The molecule has 2 rings (SSSR count). The summed E-state index contributed by atoms with van der Waals surface area (Å²) >= 11 is 0. The fourth-order valence-corrected chi connectivity index (χ4v) is 2.33. The van der Waals surface area contributed by atoms with E-state index in [1.807, 2.05) is 6.92 Å². The van der Waals surface area contributed by atoms with Crippen molar-refractivity contribution in [1.82, 2.24) is 9.97 Å². The first-order valence-electron chi connectivity index (χ1n) is 6.12. The summed E-state index contributed by atoms with van der Waals surface area (Å²) in [5.41, 5.74) is 0.552. The topological polar surface area (TPSA) is 47.0 Å². The second kappa shape index (κ2) is 3.86. The van der Waals surface area contributed by atoms with Gasteiger partial charge in [-0.05, 0) is 17.8 Å². The molecule has 0 saturated heterocycles. The first-order chi connectivity index (χ1) is 7.89. The normalized spacial score (nSPS) is 21.0. The molecule has 0 radical (unpaired) electrons. The lowest BCUT2D eigenvalue weighted by Crippen LogP contribution is -2.13. The predicted molar refractivity (Wildman–Crippen MR) is 68.2 cm³/mol. The van der Waals surface area contributed by atoms with Gasteiger partial charge in [0.2, 0.25) is 11.8 Å². The van der Waals surface area contributed by atoms with Gasteiger partial charge >= 0.3 is 0 Å². The van der Waals surface area contributed by atoms with E-state index in [-0.39, 0.29) is 10.8 Å². The lowest BCUT2D eigenvalue weighted by atomic mass is 10.0. The Labute approximate surface area is 103 Å². The number of nitrogens with one attached hydrogen (secondary N) is 1. The van der Waals surface area contributed by atoms with E-state index < -0.39 is 0 Å². The molecule has 1 fully saturated rings. The zero-order chi connectivity index (χ0) is 12.7. The first-order valence-corrected chi connectivity index (χ1v) is 6.12. The quantitative estimate of drug-likeness (QED) is 0.871. The van der Waals surface area contributed by atoms with Crippen molar-refractivity contribution in [3.05, 3.63) is 12.3 Å². The van der Waals surface area contributed by atoms with Gasteiger partial charge in [-0.15, -0.1) is 0 Å². The monoisotopic (exact) mass is 235 g/mol. The number of rotatable bonds is 4. The Hall–Kier alpha value is -1.32. The standard InChI is InChI=1S/C13H21N3O/c1-6-17-9-7-8-14-11(15-9)16-10-12(2,3)13(10,4)5/h7-8,10H,6H2,1-5H3,(H,14,15,16). The second-order valence-corrected chi connectivity index (χ2v) is 5.67. The second-order valence-electron chi connectivity index (χ2n) is 5.67. The van der Waals surface area contributed by atoms with Gasteiger partial charge in [-0.25, -0.2) is 4.98 Å². The molecule has 0 aromatic carbocycles. The number of hydrogen-bond donors (Lipinski definition) is 1. The van der Waals surface area contributed by atoms with Gasteiger partial charge in [-0.2, -0.15) is 4.98 Å². The fourth-order valence-electron chi connectivity index (χ4n) is 2.33. The van der Waals surface area contributed by atoms with Crippen LogP contribution in [0.5, 0.6) is 5.88 Å². The molecule has 1 aromatic rings. The van der Waals surface area contributed by atoms with Crippen LogP contribution in [0.15, 0.2) is 12.3 Å². The average Bonchev–Trinajstić information content (AvgIpc) is 2.62. The van der Waals surface area contributed by atoms with Crippen LogP contribution in [0.3, 0.4) is 0 Å². The van der Waals surface area contributed by atoms with Gasteiger partial charge in [0.1, 0.15) is 0 Å². The van der Waals surface area contributed by atoms with Crippen LogP contribution in [-0.2, 0) is 0 Å². The molecule has 4 nitrogen and oxygen atoms in total. The molecule has 1 aliphatic carbocycles. The van der Waals surface area contributed by atoms with E-state index in [0.29, 0.717) is 24.5 Å². The van der Waals surface area contributed by atoms with Crippen molar-refractivity contribution in [2.45, 2.75) is 40.7 Å². The Kier molecular flexibility index (Phi) is 2.76. The molecule has 94 valence electrons. The Morgan fingerprint density at radius 2 is 1.94 bits per heavy atom. The maximum atomic E-state index is 5.36. The molecular formula is C13H21N3O. The summed E-state index contributed by atoms with van der Waals surface area (Å²) in [6.07, 6.45) is 1.72. The van der Waals surface area contributed by atoms with Crippen molar-refractivity contribution in [1.29, 1.82) is 0 Å². The zero-order valence-corrected chi connectivity index (χ0v) is 11.2. The molecule has 0 spiro atoms. The third-order valence-corrected chi connectivity index (χ3v) is 4.22. The highest BCUT2D eigenvalue weighted by Gasteiger charge is 2.65. The number of ether oxygens (including phenoxy) is 1. The lowest BCUT2D eigenvalue weighted by molar-refractivity contribution is 0.326. The Bertz CT molecular complexity index is 401. The molecule has 0 atom stereocenters. The molecule has 1 N–H and O–H groups in total. The summed E-state index contributed by atoms with van der Waals surface area (Å²) in [5.74, 6) is 1.28. The van der Waals surface area contributed by atoms with Crippen LogP contribution in [0.2, 0.25) is 0 Å². The first kappa shape index (κ1) is 12.1. The number of anilines is 1. The highest BCUT2D eigenvalue weighted by Crippen LogP contribution is 2.63. The predicted octanol–water partition coefficient (Wildman–Crippen LogP) is 2.72. The van der Waals surface area contributed by atoms with Crippen LogP contribution >= 0.6 is 0 Å². The van der Waals surface area contributed by atoms with E-state index in [4.69, 9.17) is 4.74 Å². The fraction of sp³-hybridized carbons (Fsp3) is 0.692. The van der Waals surface area contributed by atoms with Crippen LogP contribution < -0.4 is 10.1 Å². The summed E-state index contributed by atoms with van der Waals surface area (Å²) in [7, 11) is 0. The van der Waals surface area contributed by atoms with Crippen molar-refractivity contribution in [2.75, 3.05) is 11.9 Å². The average molecular weight is 235 g/mol. The Morgan fingerprint density at radius 3 is 2.47 bits per heavy atom. The highest BCUT2D eigenvalue weighted by molar-refractivity contribution is 5.37. The minimum Gasteiger partial charge on any atom is -0.478 e. The Balaban J connectivity index is 2.08. The summed E-state index contributed by atoms with van der Waals surface area (Å²) in [5, 5.41) is 3.39. The molecule has 1 heterocycles. The Morgan fingerprint density at radius 1 is 1.29 bits per heavy atom. The lowest BCUT2D eigenvalue weighted by Gasteiger charge is -2.07. The van der Waals surface area contributed by atoms with E-state index in [1.54, 1.807) is 12.3 Å². The van der Waals surface area contributed by atoms with Crippen molar-refractivity contribution >= 4 is 5.95 Å². The minimum atomic E-state index is 0.276. The van der Waals surface area contributed by atoms with Crippen molar-refractivity contribution < 1.29 is 4.74 Å². The van der Waals surface area contributed by atoms with Crippen LogP contribution in [-0.4, -0.2) is 22.6 Å². The summed E-state index contributed by atoms with van der Waals surface area (Å²) in [6, 6.07) is 2.18. The van der Waals surface area contributed by atoms with Gasteiger partial charge in [0.05, 0.1) is 6.61 Å². The van der Waals surface area contributed by atoms with Gasteiger partial charge in [0, 0.05) is 18.3 Å². The number of hydrogen-bond acceptors (Lipinski definition) is 4. The molecule has 0 bridgehead atoms. The van der Waals surface area contributed by atoms with E-state index in [9.17, 15) is 0 Å². The SMILES string of the molecule is CCOc1ccnc(NC2C(C)(C)C2(C)C)n1. The maximum Gasteiger partial charge on any atom is 0.226 e. The maximum absolute atomic E-state index is 5.36. The third kappa shape index (κ3) is 1.96. The molecule has 0 unspecified atom stereocenters. The van der Waals surface area contributed by atoms with Crippen LogP contribution in [0.4, 0.5) is 5.95 Å². The van der Waals surface area contributed by atoms with Gasteiger partial charge < -0.3 is 10.1 Å². The molecular weight excluding hydrogens is 214 g/mol. The zero-order valence-electron chi connectivity index (χ0n) is 11.2. The molecule has 4 heteroatoms. The summed E-state index contributed by atoms with van der Waals surface area (Å²) in [6.45, 7) is 11.6.